The molecule has 0 saturated heterocycles. The zero-order valence-corrected chi connectivity index (χ0v) is 14.2. The SMILES string of the molecule is CCCc1nc(N)nc(N[C@]2(C)CCc3ccc(CC)cc32)n1. The third kappa shape index (κ3) is 3.14. The highest BCUT2D eigenvalue weighted by atomic mass is 15.2. The number of aromatic nitrogens is 3. The van der Waals surface area contributed by atoms with Crippen molar-refractivity contribution in [1.29, 1.82) is 0 Å². The van der Waals surface area contributed by atoms with Gasteiger partial charge in [0.1, 0.15) is 5.82 Å². The van der Waals surface area contributed by atoms with Crippen LogP contribution in [0.1, 0.15) is 56.1 Å². The fraction of sp³-hybridized carbons (Fsp3) is 0.500. The van der Waals surface area contributed by atoms with Gasteiger partial charge < -0.3 is 11.1 Å². The van der Waals surface area contributed by atoms with E-state index in [1.165, 1.54) is 16.7 Å². The number of benzene rings is 1. The van der Waals surface area contributed by atoms with E-state index in [2.05, 4.69) is 59.2 Å². The second kappa shape index (κ2) is 6.14. The van der Waals surface area contributed by atoms with Crippen molar-refractivity contribution in [3.8, 4) is 0 Å². The Morgan fingerprint density at radius 1 is 1.22 bits per heavy atom. The maximum absolute atomic E-state index is 5.85. The van der Waals surface area contributed by atoms with Gasteiger partial charge in [0, 0.05) is 6.42 Å². The molecule has 23 heavy (non-hydrogen) atoms. The van der Waals surface area contributed by atoms with E-state index in [0.717, 1.165) is 37.9 Å². The molecule has 122 valence electrons. The van der Waals surface area contributed by atoms with Crippen LogP contribution in [0, 0.1) is 0 Å². The van der Waals surface area contributed by atoms with Crippen molar-refractivity contribution < 1.29 is 0 Å². The van der Waals surface area contributed by atoms with Crippen LogP contribution in [-0.4, -0.2) is 15.0 Å². The van der Waals surface area contributed by atoms with Crippen LogP contribution in [0.4, 0.5) is 11.9 Å². The number of nitrogen functional groups attached to an aromatic ring is 1. The Hall–Kier alpha value is -2.17. The summed E-state index contributed by atoms with van der Waals surface area (Å²) < 4.78 is 0. The van der Waals surface area contributed by atoms with Gasteiger partial charge in [0.05, 0.1) is 5.54 Å². The first kappa shape index (κ1) is 15.7. The van der Waals surface area contributed by atoms with Crippen molar-refractivity contribution in [2.75, 3.05) is 11.1 Å². The predicted molar refractivity (Wildman–Crippen MR) is 93.4 cm³/mol. The number of anilines is 2. The molecule has 1 aromatic heterocycles. The van der Waals surface area contributed by atoms with Crippen molar-refractivity contribution in [2.24, 2.45) is 0 Å². The fourth-order valence-electron chi connectivity index (χ4n) is 3.30. The smallest absolute Gasteiger partial charge is 0.228 e. The van der Waals surface area contributed by atoms with Crippen LogP contribution in [0.3, 0.4) is 0 Å². The Morgan fingerprint density at radius 3 is 2.78 bits per heavy atom. The van der Waals surface area contributed by atoms with E-state index < -0.39 is 0 Å². The number of nitrogens with zero attached hydrogens (tertiary/aromatic N) is 3. The molecule has 1 aliphatic rings. The van der Waals surface area contributed by atoms with Gasteiger partial charge in [-0.1, -0.05) is 32.0 Å². The van der Waals surface area contributed by atoms with Crippen molar-refractivity contribution in [2.45, 2.75) is 58.4 Å². The van der Waals surface area contributed by atoms with E-state index in [9.17, 15) is 0 Å². The van der Waals surface area contributed by atoms with Gasteiger partial charge in [0.25, 0.3) is 0 Å². The van der Waals surface area contributed by atoms with Crippen LogP contribution in [0.25, 0.3) is 0 Å². The molecular formula is C18H25N5. The summed E-state index contributed by atoms with van der Waals surface area (Å²) in [4.78, 5) is 13.0. The number of hydrogen-bond donors (Lipinski definition) is 2. The number of hydrogen-bond acceptors (Lipinski definition) is 5. The summed E-state index contributed by atoms with van der Waals surface area (Å²) >= 11 is 0. The topological polar surface area (TPSA) is 76.7 Å². The van der Waals surface area contributed by atoms with Gasteiger partial charge >= 0.3 is 0 Å². The Labute approximate surface area is 137 Å². The molecule has 0 aliphatic heterocycles. The number of rotatable bonds is 5. The molecule has 3 rings (SSSR count). The third-order valence-corrected chi connectivity index (χ3v) is 4.63. The molecule has 2 aromatic rings. The van der Waals surface area contributed by atoms with Crippen LogP contribution >= 0.6 is 0 Å². The normalized spacial score (nSPS) is 19.6. The quantitative estimate of drug-likeness (QED) is 0.886. The maximum Gasteiger partial charge on any atom is 0.228 e. The minimum absolute atomic E-state index is 0.155. The van der Waals surface area contributed by atoms with Gasteiger partial charge in [-0.25, -0.2) is 0 Å². The molecule has 0 bridgehead atoms. The molecule has 0 radical (unpaired) electrons. The van der Waals surface area contributed by atoms with Gasteiger partial charge in [-0.2, -0.15) is 15.0 Å². The first-order chi connectivity index (χ1) is 11.0. The highest BCUT2D eigenvalue weighted by Crippen LogP contribution is 2.39. The Bertz CT molecular complexity index is 713. The minimum atomic E-state index is -0.155. The van der Waals surface area contributed by atoms with Gasteiger partial charge in [0.15, 0.2) is 0 Å². The van der Waals surface area contributed by atoms with Crippen LogP contribution < -0.4 is 11.1 Å². The van der Waals surface area contributed by atoms with Crippen molar-refractivity contribution in [1.82, 2.24) is 15.0 Å². The molecule has 0 fully saturated rings. The van der Waals surface area contributed by atoms with Gasteiger partial charge in [-0.05, 0) is 49.3 Å². The minimum Gasteiger partial charge on any atom is -0.368 e. The highest BCUT2D eigenvalue weighted by molar-refractivity contribution is 5.47. The lowest BCUT2D eigenvalue weighted by atomic mass is 9.92. The van der Waals surface area contributed by atoms with E-state index >= 15 is 0 Å². The average molecular weight is 311 g/mol. The van der Waals surface area contributed by atoms with Crippen LogP contribution in [0.2, 0.25) is 0 Å². The summed E-state index contributed by atoms with van der Waals surface area (Å²) in [5.74, 6) is 1.62. The van der Waals surface area contributed by atoms with Crippen LogP contribution in [-0.2, 0) is 24.8 Å². The Kier molecular flexibility index (Phi) is 4.20. The molecule has 0 saturated carbocycles. The van der Waals surface area contributed by atoms with E-state index in [0.29, 0.717) is 5.95 Å². The molecule has 1 heterocycles. The van der Waals surface area contributed by atoms with Crippen LogP contribution in [0.15, 0.2) is 18.2 Å². The molecule has 0 amide bonds. The van der Waals surface area contributed by atoms with Gasteiger partial charge in [0.2, 0.25) is 11.9 Å². The van der Waals surface area contributed by atoms with Crippen LogP contribution in [0.5, 0.6) is 0 Å². The first-order valence-electron chi connectivity index (χ1n) is 8.45. The predicted octanol–water partition coefficient (Wildman–Crippen LogP) is 3.24. The summed E-state index contributed by atoms with van der Waals surface area (Å²) in [7, 11) is 0. The Balaban J connectivity index is 1.92. The number of nitrogens with one attached hydrogen (secondary N) is 1. The van der Waals surface area contributed by atoms with E-state index in [-0.39, 0.29) is 11.5 Å². The lowest BCUT2D eigenvalue weighted by Gasteiger charge is -2.27. The largest absolute Gasteiger partial charge is 0.368 e. The maximum atomic E-state index is 5.85. The number of fused-ring (bicyclic) bond motifs is 1. The molecule has 0 spiro atoms. The number of nitrogens with two attached hydrogens (primary N) is 1. The molecule has 1 atom stereocenters. The Morgan fingerprint density at radius 2 is 2.04 bits per heavy atom. The molecule has 0 unspecified atom stereocenters. The molecule has 1 aromatic carbocycles. The highest BCUT2D eigenvalue weighted by Gasteiger charge is 2.35. The van der Waals surface area contributed by atoms with E-state index in [1.807, 2.05) is 0 Å². The van der Waals surface area contributed by atoms with Crippen molar-refractivity contribution in [3.63, 3.8) is 0 Å². The summed E-state index contributed by atoms with van der Waals surface area (Å²) in [6.45, 7) is 6.51. The summed E-state index contributed by atoms with van der Waals surface area (Å²) in [6, 6.07) is 6.79. The number of aryl methyl sites for hydroxylation is 3. The monoisotopic (exact) mass is 311 g/mol. The van der Waals surface area contributed by atoms with Gasteiger partial charge in [-0.15, -0.1) is 0 Å². The lowest BCUT2D eigenvalue weighted by Crippen LogP contribution is -2.30. The molecule has 5 nitrogen and oxygen atoms in total. The first-order valence-corrected chi connectivity index (χ1v) is 8.45. The van der Waals surface area contributed by atoms with Crippen molar-refractivity contribution >= 4 is 11.9 Å². The average Bonchev–Trinajstić information content (AvgIpc) is 2.83. The molecular weight excluding hydrogens is 286 g/mol. The molecule has 3 N–H and O–H groups in total. The zero-order chi connectivity index (χ0) is 16.4. The summed E-state index contributed by atoms with van der Waals surface area (Å²) in [5.41, 5.74) is 9.82. The second-order valence-corrected chi connectivity index (χ2v) is 6.49. The standard InChI is InChI=1S/C18H25N5/c1-4-6-15-20-16(19)22-17(21-15)23-18(3)10-9-13-8-7-12(5-2)11-14(13)18/h7-8,11H,4-6,9-10H2,1-3H3,(H3,19,20,21,22,23)/t18-/m1/s1. The fourth-order valence-corrected chi connectivity index (χ4v) is 3.30. The van der Waals surface area contributed by atoms with Gasteiger partial charge in [-0.3, -0.25) is 0 Å². The van der Waals surface area contributed by atoms with E-state index in [4.69, 9.17) is 5.73 Å². The summed E-state index contributed by atoms with van der Waals surface area (Å²) in [5, 5.41) is 3.52. The van der Waals surface area contributed by atoms with Crippen molar-refractivity contribution in [3.05, 3.63) is 40.7 Å². The lowest BCUT2D eigenvalue weighted by molar-refractivity contribution is 0.532. The zero-order valence-electron chi connectivity index (χ0n) is 14.2. The van der Waals surface area contributed by atoms with E-state index in [1.54, 1.807) is 0 Å². The molecule has 1 aliphatic carbocycles. The second-order valence-electron chi connectivity index (χ2n) is 6.49. The third-order valence-electron chi connectivity index (χ3n) is 4.63. The molecule has 5 heteroatoms. The summed E-state index contributed by atoms with van der Waals surface area (Å²) in [6.07, 6.45) is 4.95.